The van der Waals surface area contributed by atoms with Gasteiger partial charge in [-0.1, -0.05) is 17.7 Å². The van der Waals surface area contributed by atoms with Gasteiger partial charge in [-0.25, -0.2) is 13.1 Å². The first-order valence-electron chi connectivity index (χ1n) is 8.19. The second-order valence-corrected chi connectivity index (χ2v) is 9.41. The zero-order valence-corrected chi connectivity index (χ0v) is 17.0. The lowest BCUT2D eigenvalue weighted by molar-refractivity contribution is 0.0994. The number of carbonyl (C=O) groups is 1. The maximum absolute atomic E-state index is 12.6. The molecule has 2 aromatic heterocycles. The molecule has 4 rings (SSSR count). The summed E-state index contributed by atoms with van der Waals surface area (Å²) in [5, 5.41) is 7.26. The van der Waals surface area contributed by atoms with Crippen molar-refractivity contribution in [2.24, 2.45) is 0 Å². The van der Waals surface area contributed by atoms with Gasteiger partial charge in [0.25, 0.3) is 5.91 Å². The summed E-state index contributed by atoms with van der Waals surface area (Å²) in [5.74, 6) is -0.278. The fourth-order valence-corrected chi connectivity index (χ4v) is 4.99. The van der Waals surface area contributed by atoms with Crippen LogP contribution in [0.5, 0.6) is 0 Å². The largest absolute Gasteiger partial charge is 0.444 e. The molecule has 0 saturated heterocycles. The third-order valence-corrected chi connectivity index (χ3v) is 6.26. The first kappa shape index (κ1) is 18.0. The topological polar surface area (TPSA) is 94.2 Å². The van der Waals surface area contributed by atoms with E-state index in [-0.39, 0.29) is 17.3 Å². The van der Waals surface area contributed by atoms with E-state index in [1.807, 2.05) is 32.0 Å². The number of hydrogen-bond acceptors (Lipinski definition) is 5. The predicted molar refractivity (Wildman–Crippen MR) is 104 cm³/mol. The van der Waals surface area contributed by atoms with Crippen molar-refractivity contribution in [3.8, 4) is 5.69 Å². The SMILES string of the molecule is Cc1ccc(-n2nc3c(c2NC(=O)c2ccc(Br)o2)CS(=O)(=O)C3)c(C)c1. The summed E-state index contributed by atoms with van der Waals surface area (Å²) in [6.45, 7) is 3.94. The van der Waals surface area contributed by atoms with Crippen molar-refractivity contribution in [1.82, 2.24) is 9.78 Å². The minimum Gasteiger partial charge on any atom is -0.444 e. The highest BCUT2D eigenvalue weighted by atomic mass is 79.9. The lowest BCUT2D eigenvalue weighted by Crippen LogP contribution is -2.16. The van der Waals surface area contributed by atoms with Crippen molar-refractivity contribution in [1.29, 1.82) is 0 Å². The Labute approximate surface area is 164 Å². The van der Waals surface area contributed by atoms with Crippen LogP contribution < -0.4 is 5.32 Å². The molecule has 0 radical (unpaired) electrons. The van der Waals surface area contributed by atoms with Crippen LogP contribution in [0.3, 0.4) is 0 Å². The number of amides is 1. The molecule has 0 unspecified atom stereocenters. The summed E-state index contributed by atoms with van der Waals surface area (Å²) in [5.41, 5.74) is 3.84. The molecule has 0 spiro atoms. The van der Waals surface area contributed by atoms with Gasteiger partial charge in [-0.15, -0.1) is 0 Å². The number of halogens is 1. The first-order chi connectivity index (χ1) is 12.7. The van der Waals surface area contributed by atoms with Gasteiger partial charge in [0.15, 0.2) is 20.3 Å². The highest BCUT2D eigenvalue weighted by Gasteiger charge is 2.33. The molecular weight excluding hydrogens is 434 g/mol. The average Bonchev–Trinajstić information content (AvgIpc) is 3.21. The van der Waals surface area contributed by atoms with Crippen LogP contribution in [-0.2, 0) is 21.3 Å². The quantitative estimate of drug-likeness (QED) is 0.659. The molecule has 1 aromatic carbocycles. The van der Waals surface area contributed by atoms with Gasteiger partial charge in [0.1, 0.15) is 5.82 Å². The van der Waals surface area contributed by atoms with E-state index in [0.717, 1.165) is 16.8 Å². The van der Waals surface area contributed by atoms with E-state index in [2.05, 4.69) is 26.3 Å². The van der Waals surface area contributed by atoms with Crippen LogP contribution in [0, 0.1) is 13.8 Å². The molecule has 0 atom stereocenters. The molecule has 0 aliphatic carbocycles. The highest BCUT2D eigenvalue weighted by Crippen LogP contribution is 2.34. The maximum Gasteiger partial charge on any atom is 0.292 e. The monoisotopic (exact) mass is 449 g/mol. The Bertz CT molecular complexity index is 1180. The Morgan fingerprint density at radius 3 is 2.67 bits per heavy atom. The second kappa shape index (κ2) is 6.35. The predicted octanol–water partition coefficient (Wildman–Crippen LogP) is 3.53. The van der Waals surface area contributed by atoms with Crippen LogP contribution in [0.15, 0.2) is 39.4 Å². The molecule has 3 aromatic rings. The van der Waals surface area contributed by atoms with E-state index in [4.69, 9.17) is 4.42 Å². The second-order valence-electron chi connectivity index (χ2n) is 6.57. The Morgan fingerprint density at radius 1 is 1.22 bits per heavy atom. The number of anilines is 1. The molecule has 9 heteroatoms. The van der Waals surface area contributed by atoms with Crippen LogP contribution in [0.25, 0.3) is 5.69 Å². The molecule has 1 aliphatic heterocycles. The zero-order valence-electron chi connectivity index (χ0n) is 14.6. The molecule has 1 N–H and O–H groups in total. The fraction of sp³-hybridized carbons (Fsp3) is 0.222. The lowest BCUT2D eigenvalue weighted by atomic mass is 10.1. The lowest BCUT2D eigenvalue weighted by Gasteiger charge is -2.13. The van der Waals surface area contributed by atoms with Crippen LogP contribution in [0.2, 0.25) is 0 Å². The van der Waals surface area contributed by atoms with Gasteiger partial charge in [-0.3, -0.25) is 4.79 Å². The third kappa shape index (κ3) is 3.32. The number of aryl methyl sites for hydroxylation is 2. The van der Waals surface area contributed by atoms with Gasteiger partial charge in [0, 0.05) is 5.56 Å². The number of hydrogen-bond donors (Lipinski definition) is 1. The molecular formula is C18H16BrN3O4S. The molecule has 0 bridgehead atoms. The van der Waals surface area contributed by atoms with Crippen molar-refractivity contribution in [3.05, 3.63) is 63.1 Å². The Hall–Kier alpha value is -2.39. The minimum atomic E-state index is -3.25. The molecule has 27 heavy (non-hydrogen) atoms. The van der Waals surface area contributed by atoms with Gasteiger partial charge < -0.3 is 9.73 Å². The number of sulfone groups is 1. The Kier molecular flexibility index (Phi) is 4.23. The van der Waals surface area contributed by atoms with Gasteiger partial charge in [-0.2, -0.15) is 5.10 Å². The fourth-order valence-electron chi connectivity index (χ4n) is 3.19. The number of rotatable bonds is 3. The minimum absolute atomic E-state index is 0.116. The normalized spacial score (nSPS) is 14.9. The van der Waals surface area contributed by atoms with E-state index in [1.165, 1.54) is 6.07 Å². The van der Waals surface area contributed by atoms with Crippen LogP contribution in [0.1, 0.15) is 32.9 Å². The smallest absolute Gasteiger partial charge is 0.292 e. The number of benzene rings is 1. The van der Waals surface area contributed by atoms with Crippen molar-refractivity contribution in [2.75, 3.05) is 5.32 Å². The van der Waals surface area contributed by atoms with Crippen molar-refractivity contribution >= 4 is 37.5 Å². The summed E-state index contributed by atoms with van der Waals surface area (Å²) < 4.78 is 31.4. The van der Waals surface area contributed by atoms with Crippen LogP contribution in [-0.4, -0.2) is 24.1 Å². The number of aromatic nitrogens is 2. The summed E-state index contributed by atoms with van der Waals surface area (Å²) in [4.78, 5) is 12.6. The summed E-state index contributed by atoms with van der Waals surface area (Å²) >= 11 is 3.17. The van der Waals surface area contributed by atoms with E-state index in [9.17, 15) is 13.2 Å². The van der Waals surface area contributed by atoms with Crippen LogP contribution in [0.4, 0.5) is 5.82 Å². The van der Waals surface area contributed by atoms with Gasteiger partial charge >= 0.3 is 0 Å². The van der Waals surface area contributed by atoms with Gasteiger partial charge in [0.05, 0.1) is 22.9 Å². The third-order valence-electron chi connectivity index (χ3n) is 4.40. The first-order valence-corrected chi connectivity index (χ1v) is 10.8. The average molecular weight is 450 g/mol. The Balaban J connectivity index is 1.82. The van der Waals surface area contributed by atoms with Gasteiger partial charge in [-0.05, 0) is 53.5 Å². The summed E-state index contributed by atoms with van der Waals surface area (Å²) in [7, 11) is -3.25. The highest BCUT2D eigenvalue weighted by molar-refractivity contribution is 9.10. The molecule has 3 heterocycles. The van der Waals surface area contributed by atoms with Crippen molar-refractivity contribution in [2.45, 2.75) is 25.4 Å². The van der Waals surface area contributed by atoms with E-state index < -0.39 is 15.7 Å². The number of carbonyl (C=O) groups excluding carboxylic acids is 1. The molecule has 0 saturated carbocycles. The summed E-state index contributed by atoms with van der Waals surface area (Å²) in [6, 6.07) is 9.01. The number of furan rings is 1. The van der Waals surface area contributed by atoms with Crippen LogP contribution >= 0.6 is 15.9 Å². The molecule has 140 valence electrons. The molecule has 0 fully saturated rings. The molecule has 7 nitrogen and oxygen atoms in total. The van der Waals surface area contributed by atoms with E-state index >= 15 is 0 Å². The van der Waals surface area contributed by atoms with E-state index in [0.29, 0.717) is 21.7 Å². The van der Waals surface area contributed by atoms with Crippen molar-refractivity contribution < 1.29 is 17.6 Å². The number of nitrogens with zero attached hydrogens (tertiary/aromatic N) is 2. The number of fused-ring (bicyclic) bond motifs is 1. The molecule has 1 aliphatic rings. The zero-order chi connectivity index (χ0) is 19.3. The Morgan fingerprint density at radius 2 is 2.00 bits per heavy atom. The van der Waals surface area contributed by atoms with Gasteiger partial charge in [0.2, 0.25) is 0 Å². The number of nitrogens with one attached hydrogen (secondary N) is 1. The van der Waals surface area contributed by atoms with E-state index in [1.54, 1.807) is 10.7 Å². The standard InChI is InChI=1S/C18H16BrN3O4S/c1-10-3-4-14(11(2)7-10)22-17(12-8-27(24,25)9-13(12)21-22)20-18(23)15-5-6-16(19)26-15/h3-7H,8-9H2,1-2H3,(H,20,23). The summed E-state index contributed by atoms with van der Waals surface area (Å²) in [6.07, 6.45) is 0. The maximum atomic E-state index is 12.6. The molecule has 1 amide bonds. The van der Waals surface area contributed by atoms with Crippen molar-refractivity contribution in [3.63, 3.8) is 0 Å².